The fraction of sp³-hybridized carbons (Fsp3) is 0.929. The average Bonchev–Trinajstić information content (AvgIpc) is 2.75. The Morgan fingerprint density at radius 2 is 2.29 bits per heavy atom. The molecule has 3 aliphatic rings. The first-order valence-corrected chi connectivity index (χ1v) is 7.05. The largest absolute Gasteiger partial charge is 0.466 e. The number of carbonyl (C=O) groups excluding carboxylic acids is 1. The van der Waals surface area contributed by atoms with Gasteiger partial charge in [0, 0.05) is 11.8 Å². The lowest BCUT2D eigenvalue weighted by molar-refractivity contribution is -0.149. The molecule has 0 amide bonds. The third-order valence-electron chi connectivity index (χ3n) is 5.14. The number of hydrogen-bond acceptors (Lipinski definition) is 3. The summed E-state index contributed by atoms with van der Waals surface area (Å²) in [6.45, 7) is 5.41. The van der Waals surface area contributed by atoms with Crippen LogP contribution in [0.15, 0.2) is 0 Å². The third kappa shape index (κ3) is 1.48. The molecule has 0 bridgehead atoms. The number of carbonyl (C=O) groups is 1. The van der Waals surface area contributed by atoms with Crippen molar-refractivity contribution in [3.8, 4) is 0 Å². The highest BCUT2D eigenvalue weighted by atomic mass is 16.5. The number of esters is 1. The Morgan fingerprint density at radius 3 is 3.00 bits per heavy atom. The lowest BCUT2D eigenvalue weighted by Crippen LogP contribution is -2.38. The Bertz CT molecular complexity index is 323. The number of fused-ring (bicyclic) bond motifs is 2. The monoisotopic (exact) mass is 238 g/mol. The summed E-state index contributed by atoms with van der Waals surface area (Å²) in [5.41, 5.74) is 0.0385. The minimum absolute atomic E-state index is 0.0203. The zero-order valence-electron chi connectivity index (χ0n) is 10.8. The van der Waals surface area contributed by atoms with Gasteiger partial charge in [-0.25, -0.2) is 0 Å². The Morgan fingerprint density at radius 1 is 1.47 bits per heavy atom. The van der Waals surface area contributed by atoms with E-state index in [-0.39, 0.29) is 17.5 Å². The van der Waals surface area contributed by atoms with Gasteiger partial charge in [0.05, 0.1) is 24.7 Å². The lowest BCUT2D eigenvalue weighted by Gasteiger charge is -2.33. The molecule has 2 aliphatic carbocycles. The summed E-state index contributed by atoms with van der Waals surface area (Å²) >= 11 is 0. The molecule has 5 atom stereocenters. The van der Waals surface area contributed by atoms with Crippen molar-refractivity contribution >= 4 is 5.97 Å². The normalized spacial score (nSPS) is 47.2. The molecular weight excluding hydrogens is 216 g/mol. The molecule has 0 aromatic heterocycles. The van der Waals surface area contributed by atoms with Crippen LogP contribution in [0.1, 0.15) is 39.5 Å². The van der Waals surface area contributed by atoms with E-state index in [0.29, 0.717) is 24.4 Å². The minimum Gasteiger partial charge on any atom is -0.466 e. The first-order chi connectivity index (χ1) is 8.24. The summed E-state index contributed by atoms with van der Waals surface area (Å²) in [7, 11) is 0. The minimum atomic E-state index is 0.0203. The van der Waals surface area contributed by atoms with Gasteiger partial charge in [0.1, 0.15) is 0 Å². The van der Waals surface area contributed by atoms with E-state index < -0.39 is 0 Å². The Labute approximate surface area is 103 Å². The quantitative estimate of drug-likeness (QED) is 0.708. The second-order valence-electron chi connectivity index (χ2n) is 5.73. The van der Waals surface area contributed by atoms with Gasteiger partial charge in [-0.15, -0.1) is 0 Å². The van der Waals surface area contributed by atoms with Crippen molar-refractivity contribution in [2.45, 2.75) is 45.1 Å². The molecule has 2 saturated carbocycles. The molecule has 0 N–H and O–H groups in total. The van der Waals surface area contributed by atoms with E-state index >= 15 is 0 Å². The van der Waals surface area contributed by atoms with Crippen molar-refractivity contribution < 1.29 is 14.3 Å². The number of rotatable bonds is 3. The van der Waals surface area contributed by atoms with E-state index in [1.807, 2.05) is 6.92 Å². The maximum absolute atomic E-state index is 11.9. The van der Waals surface area contributed by atoms with Crippen LogP contribution >= 0.6 is 0 Å². The van der Waals surface area contributed by atoms with Crippen LogP contribution in [0.2, 0.25) is 0 Å². The van der Waals surface area contributed by atoms with Crippen LogP contribution < -0.4 is 0 Å². The highest BCUT2D eigenvalue weighted by molar-refractivity contribution is 5.77. The lowest BCUT2D eigenvalue weighted by atomic mass is 9.83. The Kier molecular flexibility index (Phi) is 2.69. The van der Waals surface area contributed by atoms with Gasteiger partial charge >= 0.3 is 5.97 Å². The Balaban J connectivity index is 1.75. The summed E-state index contributed by atoms with van der Waals surface area (Å²) in [6.07, 6.45) is 4.87. The van der Waals surface area contributed by atoms with Crippen LogP contribution in [0.4, 0.5) is 0 Å². The highest BCUT2D eigenvalue weighted by Crippen LogP contribution is 2.66. The van der Waals surface area contributed by atoms with Crippen LogP contribution in [0.25, 0.3) is 0 Å². The summed E-state index contributed by atoms with van der Waals surface area (Å²) < 4.78 is 11.3. The van der Waals surface area contributed by atoms with Crippen LogP contribution in [0, 0.1) is 23.7 Å². The van der Waals surface area contributed by atoms with Crippen molar-refractivity contribution in [1.29, 1.82) is 0 Å². The first kappa shape index (κ1) is 11.5. The van der Waals surface area contributed by atoms with E-state index in [1.165, 1.54) is 19.3 Å². The molecule has 0 radical (unpaired) electrons. The van der Waals surface area contributed by atoms with E-state index in [4.69, 9.17) is 9.47 Å². The van der Waals surface area contributed by atoms with Crippen molar-refractivity contribution in [1.82, 2.24) is 0 Å². The highest BCUT2D eigenvalue weighted by Gasteiger charge is 2.72. The molecule has 17 heavy (non-hydrogen) atoms. The van der Waals surface area contributed by atoms with Gasteiger partial charge < -0.3 is 9.47 Å². The number of ether oxygens (including phenoxy) is 2. The molecule has 5 unspecified atom stereocenters. The molecule has 0 aromatic carbocycles. The van der Waals surface area contributed by atoms with Crippen LogP contribution in [-0.4, -0.2) is 24.8 Å². The molecule has 1 heterocycles. The maximum atomic E-state index is 11.9. The maximum Gasteiger partial charge on any atom is 0.309 e. The Hall–Kier alpha value is -0.570. The van der Waals surface area contributed by atoms with Crippen molar-refractivity contribution in [2.75, 3.05) is 13.2 Å². The fourth-order valence-corrected chi connectivity index (χ4v) is 4.41. The molecular formula is C14H22O3. The van der Waals surface area contributed by atoms with E-state index in [9.17, 15) is 4.79 Å². The molecule has 1 aliphatic heterocycles. The smallest absolute Gasteiger partial charge is 0.309 e. The van der Waals surface area contributed by atoms with E-state index in [2.05, 4.69) is 6.92 Å². The second-order valence-corrected chi connectivity index (χ2v) is 5.73. The number of hydrogen-bond donors (Lipinski definition) is 0. The van der Waals surface area contributed by atoms with Gasteiger partial charge in [0.25, 0.3) is 0 Å². The summed E-state index contributed by atoms with van der Waals surface area (Å²) in [4.78, 5) is 11.9. The third-order valence-corrected chi connectivity index (χ3v) is 5.14. The average molecular weight is 238 g/mol. The molecule has 3 heteroatoms. The predicted molar refractivity (Wildman–Crippen MR) is 63.4 cm³/mol. The molecule has 0 aromatic rings. The van der Waals surface area contributed by atoms with Crippen molar-refractivity contribution in [3.05, 3.63) is 0 Å². The topological polar surface area (TPSA) is 35.5 Å². The summed E-state index contributed by atoms with van der Waals surface area (Å²) in [6, 6.07) is 0. The van der Waals surface area contributed by atoms with E-state index in [0.717, 1.165) is 13.0 Å². The second kappa shape index (κ2) is 3.98. The summed E-state index contributed by atoms with van der Waals surface area (Å²) in [5.74, 6) is 1.76. The molecule has 1 saturated heterocycles. The molecule has 1 spiro atoms. The molecule has 3 nitrogen and oxygen atoms in total. The fourth-order valence-electron chi connectivity index (χ4n) is 4.41. The molecule has 3 rings (SSSR count). The predicted octanol–water partition coefficient (Wildman–Crippen LogP) is 2.39. The summed E-state index contributed by atoms with van der Waals surface area (Å²) in [5, 5.41) is 0. The molecule has 3 fully saturated rings. The van der Waals surface area contributed by atoms with Crippen LogP contribution in [0.3, 0.4) is 0 Å². The molecule has 96 valence electrons. The van der Waals surface area contributed by atoms with Gasteiger partial charge in [-0.2, -0.15) is 0 Å². The zero-order chi connectivity index (χ0) is 12.0. The SMILES string of the molecule is CCOC(=O)C1C2COC3(CCCC3CC)C21. The van der Waals surface area contributed by atoms with Gasteiger partial charge in [-0.05, 0) is 25.7 Å². The van der Waals surface area contributed by atoms with Gasteiger partial charge in [-0.3, -0.25) is 4.79 Å². The van der Waals surface area contributed by atoms with Gasteiger partial charge in [0.2, 0.25) is 0 Å². The van der Waals surface area contributed by atoms with Crippen molar-refractivity contribution in [2.24, 2.45) is 23.7 Å². The first-order valence-electron chi connectivity index (χ1n) is 7.05. The van der Waals surface area contributed by atoms with Gasteiger partial charge in [-0.1, -0.05) is 19.8 Å². The van der Waals surface area contributed by atoms with Crippen molar-refractivity contribution in [3.63, 3.8) is 0 Å². The zero-order valence-corrected chi connectivity index (χ0v) is 10.8. The van der Waals surface area contributed by atoms with E-state index in [1.54, 1.807) is 0 Å². The van der Waals surface area contributed by atoms with Crippen LogP contribution in [-0.2, 0) is 14.3 Å². The van der Waals surface area contributed by atoms with Gasteiger partial charge in [0.15, 0.2) is 0 Å². The van der Waals surface area contributed by atoms with Crippen LogP contribution in [0.5, 0.6) is 0 Å². The standard InChI is InChI=1S/C14H22O3/c1-3-9-6-5-7-14(9)12-10(8-17-14)11(12)13(15)16-4-2/h9-12H,3-8H2,1-2H3.